The highest BCUT2D eigenvalue weighted by atomic mass is 127. The van der Waals surface area contributed by atoms with Crippen molar-refractivity contribution in [1.29, 1.82) is 0 Å². The molecule has 1 aliphatic rings. The van der Waals surface area contributed by atoms with Gasteiger partial charge in [0, 0.05) is 10.9 Å². The third kappa shape index (κ3) is 2.93. The number of hydrogen-bond donors (Lipinski definition) is 2. The van der Waals surface area contributed by atoms with Gasteiger partial charge in [-0.2, -0.15) is 0 Å². The molecule has 15 heavy (non-hydrogen) atoms. The van der Waals surface area contributed by atoms with E-state index in [1.54, 1.807) is 10.4 Å². The molecule has 3 N–H and O–H groups in total. The highest BCUT2D eigenvalue weighted by Gasteiger charge is 2.21. The summed E-state index contributed by atoms with van der Waals surface area (Å²) in [4.78, 5) is 1.59. The van der Waals surface area contributed by atoms with E-state index in [2.05, 4.69) is 34.0 Å². The van der Waals surface area contributed by atoms with Gasteiger partial charge in [0.15, 0.2) is 0 Å². The van der Waals surface area contributed by atoms with Gasteiger partial charge in [0.25, 0.3) is 0 Å². The highest BCUT2D eigenvalue weighted by Crippen LogP contribution is 2.36. The van der Waals surface area contributed by atoms with Crippen molar-refractivity contribution in [3.63, 3.8) is 0 Å². The number of fused-ring (bicyclic) bond motifs is 1. The van der Waals surface area contributed by atoms with Crippen LogP contribution < -0.4 is 11.1 Å². The summed E-state index contributed by atoms with van der Waals surface area (Å²) in [6.07, 6.45) is 4.96. The first-order valence-electron chi connectivity index (χ1n) is 5.53. The Balaban J connectivity index is 2.01. The van der Waals surface area contributed by atoms with Crippen molar-refractivity contribution in [3.05, 3.63) is 19.4 Å². The van der Waals surface area contributed by atoms with E-state index in [0.29, 0.717) is 6.04 Å². The van der Waals surface area contributed by atoms with Crippen LogP contribution in [0.15, 0.2) is 6.07 Å². The third-order valence-corrected chi connectivity index (χ3v) is 4.83. The average molecular weight is 336 g/mol. The molecular weight excluding hydrogens is 319 g/mol. The lowest BCUT2D eigenvalue weighted by Gasteiger charge is -2.23. The summed E-state index contributed by atoms with van der Waals surface area (Å²) in [6, 6.07) is 2.93. The molecule has 0 aromatic carbocycles. The van der Waals surface area contributed by atoms with Gasteiger partial charge in [-0.15, -0.1) is 11.3 Å². The molecule has 1 aromatic heterocycles. The van der Waals surface area contributed by atoms with E-state index in [9.17, 15) is 0 Å². The van der Waals surface area contributed by atoms with Crippen LogP contribution in [0.5, 0.6) is 0 Å². The molecule has 0 aliphatic heterocycles. The molecule has 1 aliphatic carbocycles. The van der Waals surface area contributed by atoms with Gasteiger partial charge in [0.1, 0.15) is 0 Å². The van der Waals surface area contributed by atoms with Gasteiger partial charge in [0.2, 0.25) is 0 Å². The van der Waals surface area contributed by atoms with E-state index in [1.807, 2.05) is 11.3 Å². The number of halogens is 1. The standard InChI is InChI=1S/C11H17IN2S/c12-11-7-8-9(14-6-2-5-13)3-1-4-10(8)15-11/h7,9,14H,1-6,13H2. The van der Waals surface area contributed by atoms with E-state index < -0.39 is 0 Å². The second-order valence-corrected chi connectivity index (χ2v) is 7.00. The molecule has 0 saturated heterocycles. The minimum Gasteiger partial charge on any atom is -0.330 e. The summed E-state index contributed by atoms with van der Waals surface area (Å²) >= 11 is 4.38. The Hall–Kier alpha value is 0.350. The van der Waals surface area contributed by atoms with Gasteiger partial charge in [-0.05, 0) is 73.0 Å². The number of nitrogens with two attached hydrogens (primary N) is 1. The Morgan fingerprint density at radius 2 is 2.47 bits per heavy atom. The number of hydrogen-bond acceptors (Lipinski definition) is 3. The van der Waals surface area contributed by atoms with Crippen molar-refractivity contribution in [3.8, 4) is 0 Å². The number of aryl methyl sites for hydroxylation is 1. The molecule has 1 aromatic rings. The quantitative estimate of drug-likeness (QED) is 0.655. The fourth-order valence-corrected chi connectivity index (χ4v) is 4.23. The highest BCUT2D eigenvalue weighted by molar-refractivity contribution is 14.1. The van der Waals surface area contributed by atoms with Crippen molar-refractivity contribution in [2.45, 2.75) is 31.7 Å². The molecule has 0 bridgehead atoms. The first-order valence-corrected chi connectivity index (χ1v) is 7.42. The number of rotatable bonds is 4. The molecule has 0 radical (unpaired) electrons. The smallest absolute Gasteiger partial charge is 0.0659 e. The maximum Gasteiger partial charge on any atom is 0.0659 e. The van der Waals surface area contributed by atoms with Crippen LogP contribution in [0.2, 0.25) is 0 Å². The van der Waals surface area contributed by atoms with Crippen LogP contribution in [-0.4, -0.2) is 13.1 Å². The van der Waals surface area contributed by atoms with Crippen molar-refractivity contribution in [2.75, 3.05) is 13.1 Å². The molecule has 2 rings (SSSR count). The molecule has 0 fully saturated rings. The third-order valence-electron chi connectivity index (χ3n) is 2.86. The second-order valence-electron chi connectivity index (χ2n) is 3.97. The van der Waals surface area contributed by atoms with Crippen LogP contribution in [0.3, 0.4) is 0 Å². The van der Waals surface area contributed by atoms with Gasteiger partial charge in [-0.1, -0.05) is 0 Å². The molecule has 4 heteroatoms. The maximum absolute atomic E-state index is 5.50. The summed E-state index contributed by atoms with van der Waals surface area (Å²) in [5, 5.41) is 3.62. The molecule has 0 amide bonds. The summed E-state index contributed by atoms with van der Waals surface area (Å²) in [5.41, 5.74) is 7.05. The second kappa shape index (κ2) is 5.61. The fourth-order valence-electron chi connectivity index (χ4n) is 2.11. The van der Waals surface area contributed by atoms with Gasteiger partial charge < -0.3 is 11.1 Å². The molecule has 2 nitrogen and oxygen atoms in total. The van der Waals surface area contributed by atoms with Crippen molar-refractivity contribution in [2.24, 2.45) is 5.73 Å². The molecule has 0 saturated carbocycles. The molecule has 1 heterocycles. The van der Waals surface area contributed by atoms with E-state index >= 15 is 0 Å². The van der Waals surface area contributed by atoms with Crippen LogP contribution in [-0.2, 0) is 6.42 Å². The van der Waals surface area contributed by atoms with Crippen molar-refractivity contribution < 1.29 is 0 Å². The SMILES string of the molecule is NCCCNC1CCCc2sc(I)cc21. The lowest BCUT2D eigenvalue weighted by Crippen LogP contribution is -2.26. The van der Waals surface area contributed by atoms with Crippen LogP contribution in [0, 0.1) is 2.88 Å². The van der Waals surface area contributed by atoms with Gasteiger partial charge in [-0.25, -0.2) is 0 Å². The summed E-state index contributed by atoms with van der Waals surface area (Å²) < 4.78 is 1.42. The zero-order valence-electron chi connectivity index (χ0n) is 8.76. The molecule has 0 spiro atoms. The average Bonchev–Trinajstić information content (AvgIpc) is 2.59. The predicted molar refractivity (Wildman–Crippen MR) is 74.4 cm³/mol. The maximum atomic E-state index is 5.50. The van der Waals surface area contributed by atoms with Gasteiger partial charge in [-0.3, -0.25) is 0 Å². The van der Waals surface area contributed by atoms with E-state index in [0.717, 1.165) is 19.5 Å². The Labute approximate surface area is 109 Å². The Bertz CT molecular complexity index is 324. The number of nitrogens with one attached hydrogen (secondary N) is 1. The topological polar surface area (TPSA) is 38.0 Å². The van der Waals surface area contributed by atoms with E-state index in [-0.39, 0.29) is 0 Å². The minimum atomic E-state index is 0.583. The zero-order valence-corrected chi connectivity index (χ0v) is 11.7. The largest absolute Gasteiger partial charge is 0.330 e. The lowest BCUT2D eigenvalue weighted by molar-refractivity contribution is 0.461. The Morgan fingerprint density at radius 1 is 1.60 bits per heavy atom. The van der Waals surface area contributed by atoms with Gasteiger partial charge >= 0.3 is 0 Å². The molecule has 84 valence electrons. The first kappa shape index (κ1) is 11.8. The van der Waals surface area contributed by atoms with Crippen LogP contribution in [0.4, 0.5) is 0 Å². The minimum absolute atomic E-state index is 0.583. The summed E-state index contributed by atoms with van der Waals surface area (Å²) in [6.45, 7) is 1.83. The Kier molecular flexibility index (Phi) is 4.42. The zero-order chi connectivity index (χ0) is 10.7. The first-order chi connectivity index (χ1) is 7.31. The summed E-state index contributed by atoms with van der Waals surface area (Å²) in [5.74, 6) is 0. The fraction of sp³-hybridized carbons (Fsp3) is 0.636. The molecule has 1 atom stereocenters. The summed E-state index contributed by atoms with van der Waals surface area (Å²) in [7, 11) is 0. The van der Waals surface area contributed by atoms with Crippen LogP contribution in [0.1, 0.15) is 35.7 Å². The van der Waals surface area contributed by atoms with Gasteiger partial charge in [0.05, 0.1) is 2.88 Å². The van der Waals surface area contributed by atoms with E-state index in [1.165, 1.54) is 22.1 Å². The van der Waals surface area contributed by atoms with E-state index in [4.69, 9.17) is 5.73 Å². The van der Waals surface area contributed by atoms with Crippen molar-refractivity contribution in [1.82, 2.24) is 5.32 Å². The lowest BCUT2D eigenvalue weighted by atomic mass is 9.94. The van der Waals surface area contributed by atoms with Crippen LogP contribution in [0.25, 0.3) is 0 Å². The normalized spacial score (nSPS) is 20.3. The predicted octanol–water partition coefficient (Wildman–Crippen LogP) is 2.67. The monoisotopic (exact) mass is 336 g/mol. The van der Waals surface area contributed by atoms with Crippen molar-refractivity contribution >= 4 is 33.9 Å². The van der Waals surface area contributed by atoms with Crippen LogP contribution >= 0.6 is 33.9 Å². The number of thiophene rings is 1. The molecular formula is C11H17IN2S. The Morgan fingerprint density at radius 3 is 3.27 bits per heavy atom. The molecule has 1 unspecified atom stereocenters.